The first-order chi connectivity index (χ1) is 9.00. The van der Waals surface area contributed by atoms with Crippen LogP contribution in [0.5, 0.6) is 0 Å². The number of halogens is 1. The van der Waals surface area contributed by atoms with Gasteiger partial charge in [0, 0.05) is 7.11 Å². The van der Waals surface area contributed by atoms with Crippen LogP contribution < -0.4 is 5.32 Å². The van der Waals surface area contributed by atoms with Crippen LogP contribution in [0.4, 0.5) is 5.95 Å². The number of nitrogens with one attached hydrogen (secondary N) is 2. The summed E-state index contributed by atoms with van der Waals surface area (Å²) in [6.45, 7) is 3.55. The van der Waals surface area contributed by atoms with Gasteiger partial charge in [0.2, 0.25) is 5.95 Å². The van der Waals surface area contributed by atoms with Crippen molar-refractivity contribution in [2.45, 2.75) is 25.9 Å². The highest BCUT2D eigenvalue weighted by Gasteiger charge is 2.31. The second-order valence-electron chi connectivity index (χ2n) is 4.18. The van der Waals surface area contributed by atoms with E-state index in [9.17, 15) is 4.79 Å². The lowest BCUT2D eigenvalue weighted by molar-refractivity contribution is -0.136. The van der Waals surface area contributed by atoms with Crippen LogP contribution in [0.15, 0.2) is 6.33 Å². The summed E-state index contributed by atoms with van der Waals surface area (Å²) in [5, 5.41) is 2.78. The SMILES string of the molecule is CCC(C)(OC)C(=O)Nc1nc(Cl)c2[nH]cnc2n1. The number of amides is 1. The van der Waals surface area contributed by atoms with Crippen LogP contribution in [0.25, 0.3) is 11.2 Å². The number of rotatable bonds is 4. The van der Waals surface area contributed by atoms with Crippen molar-refractivity contribution in [2.75, 3.05) is 12.4 Å². The van der Waals surface area contributed by atoms with Crippen LogP contribution in [0.2, 0.25) is 5.15 Å². The Morgan fingerprint density at radius 1 is 1.58 bits per heavy atom. The normalized spacial score (nSPS) is 14.3. The van der Waals surface area contributed by atoms with Gasteiger partial charge in [0.1, 0.15) is 11.1 Å². The van der Waals surface area contributed by atoms with Gasteiger partial charge in [0.15, 0.2) is 10.8 Å². The summed E-state index contributed by atoms with van der Waals surface area (Å²) in [7, 11) is 1.48. The number of imidazole rings is 1. The van der Waals surface area contributed by atoms with E-state index in [1.165, 1.54) is 13.4 Å². The van der Waals surface area contributed by atoms with E-state index in [1.807, 2.05) is 6.92 Å². The Kier molecular flexibility index (Phi) is 3.68. The number of anilines is 1. The average Bonchev–Trinajstić information content (AvgIpc) is 2.86. The van der Waals surface area contributed by atoms with Crippen molar-refractivity contribution in [2.24, 2.45) is 0 Å². The zero-order valence-corrected chi connectivity index (χ0v) is 11.6. The van der Waals surface area contributed by atoms with Gasteiger partial charge in [-0.05, 0) is 13.3 Å². The summed E-state index contributed by atoms with van der Waals surface area (Å²) in [5.74, 6) is -0.227. The summed E-state index contributed by atoms with van der Waals surface area (Å²) in [6, 6.07) is 0. The fourth-order valence-corrected chi connectivity index (χ4v) is 1.70. The highest BCUT2D eigenvalue weighted by molar-refractivity contribution is 6.33. The second-order valence-corrected chi connectivity index (χ2v) is 4.54. The van der Waals surface area contributed by atoms with E-state index in [1.54, 1.807) is 6.92 Å². The first-order valence-electron chi connectivity index (χ1n) is 5.73. The van der Waals surface area contributed by atoms with Crippen LogP contribution in [0.3, 0.4) is 0 Å². The lowest BCUT2D eigenvalue weighted by Crippen LogP contribution is -2.41. The molecule has 0 aliphatic heterocycles. The quantitative estimate of drug-likeness (QED) is 0.834. The molecule has 1 atom stereocenters. The van der Waals surface area contributed by atoms with E-state index in [0.717, 1.165) is 0 Å². The maximum Gasteiger partial charge on any atom is 0.258 e. The first-order valence-corrected chi connectivity index (χ1v) is 6.11. The zero-order valence-electron chi connectivity index (χ0n) is 10.8. The number of aromatic amines is 1. The van der Waals surface area contributed by atoms with Crippen molar-refractivity contribution in [3.8, 4) is 0 Å². The zero-order chi connectivity index (χ0) is 14.0. The molecule has 0 saturated carbocycles. The number of ether oxygens (including phenoxy) is 1. The van der Waals surface area contributed by atoms with Gasteiger partial charge in [0.05, 0.1) is 6.33 Å². The molecule has 0 aliphatic carbocycles. The Morgan fingerprint density at radius 3 is 2.95 bits per heavy atom. The fourth-order valence-electron chi connectivity index (χ4n) is 1.49. The Hall–Kier alpha value is -1.73. The smallest absolute Gasteiger partial charge is 0.258 e. The highest BCUT2D eigenvalue weighted by Crippen LogP contribution is 2.20. The fraction of sp³-hybridized carbons (Fsp3) is 0.455. The van der Waals surface area contributed by atoms with Gasteiger partial charge in [-0.15, -0.1) is 0 Å². The Labute approximate surface area is 114 Å². The molecule has 1 amide bonds. The molecule has 1 unspecified atom stereocenters. The predicted molar refractivity (Wildman–Crippen MR) is 71.0 cm³/mol. The molecule has 0 fully saturated rings. The number of carbonyl (C=O) groups excluding carboxylic acids is 1. The van der Waals surface area contributed by atoms with E-state index in [2.05, 4.69) is 25.3 Å². The molecule has 102 valence electrons. The van der Waals surface area contributed by atoms with Gasteiger partial charge in [-0.25, -0.2) is 4.98 Å². The Balaban J connectivity index is 2.28. The van der Waals surface area contributed by atoms with Crippen molar-refractivity contribution in [1.29, 1.82) is 0 Å². The van der Waals surface area contributed by atoms with Crippen LogP contribution >= 0.6 is 11.6 Å². The standard InChI is InChI=1S/C11H14ClN5O2/c1-4-11(2,19-3)9(18)17-10-15-7(12)6-8(16-10)14-5-13-6/h5H,4H2,1-3H3,(H2,13,14,15,16,17,18). The van der Waals surface area contributed by atoms with Crippen molar-refractivity contribution in [3.05, 3.63) is 11.5 Å². The molecule has 0 bridgehead atoms. The topological polar surface area (TPSA) is 92.8 Å². The van der Waals surface area contributed by atoms with Gasteiger partial charge < -0.3 is 9.72 Å². The molecule has 2 aromatic rings. The summed E-state index contributed by atoms with van der Waals surface area (Å²) in [4.78, 5) is 27.0. The summed E-state index contributed by atoms with van der Waals surface area (Å²) >= 11 is 5.96. The largest absolute Gasteiger partial charge is 0.369 e. The molecule has 2 aromatic heterocycles. The van der Waals surface area contributed by atoms with Crippen LogP contribution in [0.1, 0.15) is 20.3 Å². The van der Waals surface area contributed by atoms with Crippen LogP contribution in [-0.2, 0) is 9.53 Å². The molecule has 2 heterocycles. The van der Waals surface area contributed by atoms with Crippen LogP contribution in [-0.4, -0.2) is 38.6 Å². The molecule has 0 saturated heterocycles. The minimum atomic E-state index is -0.934. The Morgan fingerprint density at radius 2 is 2.32 bits per heavy atom. The molecule has 7 nitrogen and oxygen atoms in total. The first kappa shape index (κ1) is 13.7. The van der Waals surface area contributed by atoms with Crippen molar-refractivity contribution < 1.29 is 9.53 Å². The van der Waals surface area contributed by atoms with Gasteiger partial charge in [-0.3, -0.25) is 10.1 Å². The van der Waals surface area contributed by atoms with Crippen molar-refractivity contribution in [1.82, 2.24) is 19.9 Å². The monoisotopic (exact) mass is 283 g/mol. The van der Waals surface area contributed by atoms with E-state index >= 15 is 0 Å². The van der Waals surface area contributed by atoms with Crippen molar-refractivity contribution >= 4 is 34.6 Å². The van der Waals surface area contributed by atoms with Crippen LogP contribution in [0, 0.1) is 0 Å². The summed E-state index contributed by atoms with van der Waals surface area (Å²) in [5.41, 5.74) is -0.00770. The molecule has 0 spiro atoms. The lowest BCUT2D eigenvalue weighted by atomic mass is 10.0. The number of H-pyrrole nitrogens is 1. The average molecular weight is 284 g/mol. The highest BCUT2D eigenvalue weighted by atomic mass is 35.5. The molecule has 0 aromatic carbocycles. The second kappa shape index (κ2) is 5.10. The molecular weight excluding hydrogens is 270 g/mol. The Bertz CT molecular complexity index is 608. The molecule has 8 heteroatoms. The minimum Gasteiger partial charge on any atom is -0.369 e. The van der Waals surface area contributed by atoms with E-state index in [4.69, 9.17) is 16.3 Å². The van der Waals surface area contributed by atoms with Gasteiger partial charge in [0.25, 0.3) is 5.91 Å². The number of hydrogen-bond donors (Lipinski definition) is 2. The lowest BCUT2D eigenvalue weighted by Gasteiger charge is -2.24. The molecular formula is C11H14ClN5O2. The van der Waals surface area contributed by atoms with E-state index < -0.39 is 5.60 Å². The third-order valence-corrected chi connectivity index (χ3v) is 3.35. The van der Waals surface area contributed by atoms with Gasteiger partial charge in [-0.2, -0.15) is 9.97 Å². The number of carbonyl (C=O) groups is 1. The van der Waals surface area contributed by atoms with E-state index in [0.29, 0.717) is 17.6 Å². The van der Waals surface area contributed by atoms with E-state index in [-0.39, 0.29) is 17.0 Å². The number of aromatic nitrogens is 4. The minimum absolute atomic E-state index is 0.103. The van der Waals surface area contributed by atoms with Gasteiger partial charge in [-0.1, -0.05) is 18.5 Å². The van der Waals surface area contributed by atoms with Crippen molar-refractivity contribution in [3.63, 3.8) is 0 Å². The number of hydrogen-bond acceptors (Lipinski definition) is 5. The number of nitrogens with zero attached hydrogens (tertiary/aromatic N) is 3. The molecule has 19 heavy (non-hydrogen) atoms. The predicted octanol–water partition coefficient (Wildman–Crippen LogP) is 1.76. The molecule has 2 N–H and O–H groups in total. The summed E-state index contributed by atoms with van der Waals surface area (Å²) in [6.07, 6.45) is 1.98. The maximum absolute atomic E-state index is 12.1. The maximum atomic E-state index is 12.1. The number of methoxy groups -OCH3 is 1. The molecule has 0 aliphatic rings. The van der Waals surface area contributed by atoms with Gasteiger partial charge >= 0.3 is 0 Å². The third kappa shape index (κ3) is 2.52. The number of fused-ring (bicyclic) bond motifs is 1. The molecule has 0 radical (unpaired) electrons. The third-order valence-electron chi connectivity index (χ3n) is 3.07. The molecule has 2 rings (SSSR count). The summed E-state index contributed by atoms with van der Waals surface area (Å²) < 4.78 is 5.20.